The number of carbonyl (C=O) groups excluding carboxylic acids is 1. The first-order valence-electron chi connectivity index (χ1n) is 8.57. The number of rotatable bonds is 7. The summed E-state index contributed by atoms with van der Waals surface area (Å²) in [6.45, 7) is 9.70. The fraction of sp³-hybridized carbons (Fsp3) is 0.450. The third-order valence-electron chi connectivity index (χ3n) is 3.89. The lowest BCUT2D eigenvalue weighted by molar-refractivity contribution is 0.133. The minimum absolute atomic E-state index is 0.336. The molecule has 1 amide bonds. The lowest BCUT2D eigenvalue weighted by Gasteiger charge is -2.16. The van der Waals surface area contributed by atoms with Gasteiger partial charge in [0, 0.05) is 6.54 Å². The molecule has 4 nitrogen and oxygen atoms in total. The lowest BCUT2D eigenvalue weighted by atomic mass is 9.97. The summed E-state index contributed by atoms with van der Waals surface area (Å²) in [7, 11) is 0. The molecular weight excluding hydrogens is 302 g/mol. The molecule has 1 N–H and O–H groups in total. The average molecular weight is 329 g/mol. The molecule has 2 rings (SSSR count). The Morgan fingerprint density at radius 3 is 2.71 bits per heavy atom. The fourth-order valence-electron chi connectivity index (χ4n) is 2.72. The quantitative estimate of drug-likeness (QED) is 0.815. The SMILES string of the molecule is CCOc1cc2ccccc2c(C)c1CCNC(=O)OCC(C)C. The van der Waals surface area contributed by atoms with Crippen molar-refractivity contribution < 1.29 is 14.3 Å². The zero-order valence-corrected chi connectivity index (χ0v) is 15.0. The molecule has 0 aliphatic heterocycles. The molecule has 0 heterocycles. The molecule has 0 saturated heterocycles. The van der Waals surface area contributed by atoms with Crippen LogP contribution in [0.2, 0.25) is 0 Å². The number of hydrogen-bond donors (Lipinski definition) is 1. The highest BCUT2D eigenvalue weighted by Gasteiger charge is 2.12. The van der Waals surface area contributed by atoms with Gasteiger partial charge in [-0.15, -0.1) is 0 Å². The summed E-state index contributed by atoms with van der Waals surface area (Å²) in [5.41, 5.74) is 2.34. The maximum Gasteiger partial charge on any atom is 0.407 e. The van der Waals surface area contributed by atoms with Gasteiger partial charge in [0.15, 0.2) is 0 Å². The number of aryl methyl sites for hydroxylation is 1. The number of alkyl carbamates (subject to hydrolysis) is 1. The maximum absolute atomic E-state index is 11.7. The maximum atomic E-state index is 11.7. The van der Waals surface area contributed by atoms with Gasteiger partial charge < -0.3 is 14.8 Å². The Morgan fingerprint density at radius 1 is 1.25 bits per heavy atom. The summed E-state index contributed by atoms with van der Waals surface area (Å²) >= 11 is 0. The van der Waals surface area contributed by atoms with Gasteiger partial charge in [0.25, 0.3) is 0 Å². The Bertz CT molecular complexity index is 695. The van der Waals surface area contributed by atoms with Crippen molar-refractivity contribution in [2.75, 3.05) is 19.8 Å². The van der Waals surface area contributed by atoms with Crippen molar-refractivity contribution in [2.24, 2.45) is 5.92 Å². The van der Waals surface area contributed by atoms with Gasteiger partial charge in [0.1, 0.15) is 5.75 Å². The molecule has 24 heavy (non-hydrogen) atoms. The minimum atomic E-state index is -0.361. The standard InChI is InChI=1S/C20H27NO3/c1-5-23-19-12-16-8-6-7-9-17(16)15(4)18(19)10-11-21-20(22)24-13-14(2)3/h6-9,12,14H,5,10-11,13H2,1-4H3,(H,21,22). The molecule has 0 bridgehead atoms. The molecule has 130 valence electrons. The Labute approximate surface area is 144 Å². The Kier molecular flexibility index (Phi) is 6.47. The summed E-state index contributed by atoms with van der Waals surface area (Å²) in [5.74, 6) is 1.23. The molecule has 0 spiro atoms. The van der Waals surface area contributed by atoms with Gasteiger partial charge in [-0.1, -0.05) is 38.1 Å². The molecular formula is C20H27NO3. The van der Waals surface area contributed by atoms with E-state index >= 15 is 0 Å². The van der Waals surface area contributed by atoms with E-state index in [4.69, 9.17) is 9.47 Å². The van der Waals surface area contributed by atoms with Crippen LogP contribution in [0, 0.1) is 12.8 Å². The van der Waals surface area contributed by atoms with Crippen LogP contribution in [0.5, 0.6) is 5.75 Å². The summed E-state index contributed by atoms with van der Waals surface area (Å²) in [5, 5.41) is 5.21. The number of amides is 1. The number of carbonyl (C=O) groups is 1. The first-order chi connectivity index (χ1) is 11.5. The molecule has 2 aromatic rings. The van der Waals surface area contributed by atoms with Crippen molar-refractivity contribution in [1.82, 2.24) is 5.32 Å². The van der Waals surface area contributed by atoms with Crippen LogP contribution in [0.3, 0.4) is 0 Å². The van der Waals surface area contributed by atoms with E-state index in [1.807, 2.05) is 32.9 Å². The number of fused-ring (bicyclic) bond motifs is 1. The zero-order chi connectivity index (χ0) is 17.5. The molecule has 0 aromatic heterocycles. The van der Waals surface area contributed by atoms with Crippen molar-refractivity contribution >= 4 is 16.9 Å². The van der Waals surface area contributed by atoms with Crippen molar-refractivity contribution in [3.05, 3.63) is 41.5 Å². The molecule has 0 saturated carbocycles. The lowest BCUT2D eigenvalue weighted by Crippen LogP contribution is -2.28. The molecule has 2 aromatic carbocycles. The van der Waals surface area contributed by atoms with Crippen LogP contribution in [0.4, 0.5) is 4.79 Å². The second-order valence-electron chi connectivity index (χ2n) is 6.30. The third kappa shape index (κ3) is 4.63. The van der Waals surface area contributed by atoms with E-state index in [0.29, 0.717) is 32.1 Å². The monoisotopic (exact) mass is 329 g/mol. The predicted octanol–water partition coefficient (Wildman–Crippen LogP) is 4.47. The van der Waals surface area contributed by atoms with Gasteiger partial charge >= 0.3 is 6.09 Å². The number of nitrogens with one attached hydrogen (secondary N) is 1. The Balaban J connectivity index is 2.10. The molecule has 0 aliphatic carbocycles. The van der Waals surface area contributed by atoms with Gasteiger partial charge in [-0.05, 0) is 54.2 Å². The van der Waals surface area contributed by atoms with Crippen LogP contribution in [0.15, 0.2) is 30.3 Å². The van der Waals surface area contributed by atoms with E-state index in [-0.39, 0.29) is 6.09 Å². The van der Waals surface area contributed by atoms with Crippen LogP contribution in [0.1, 0.15) is 31.9 Å². The topological polar surface area (TPSA) is 47.6 Å². The Hall–Kier alpha value is -2.23. The molecule has 4 heteroatoms. The average Bonchev–Trinajstić information content (AvgIpc) is 2.56. The Morgan fingerprint density at radius 2 is 2.00 bits per heavy atom. The van der Waals surface area contributed by atoms with Gasteiger partial charge in [-0.25, -0.2) is 4.79 Å². The van der Waals surface area contributed by atoms with Crippen molar-refractivity contribution in [1.29, 1.82) is 0 Å². The van der Waals surface area contributed by atoms with Crippen molar-refractivity contribution in [3.8, 4) is 5.75 Å². The van der Waals surface area contributed by atoms with Gasteiger partial charge in [-0.3, -0.25) is 0 Å². The fourth-order valence-corrected chi connectivity index (χ4v) is 2.72. The first-order valence-corrected chi connectivity index (χ1v) is 8.57. The molecule has 0 fully saturated rings. The molecule has 0 unspecified atom stereocenters. The normalized spacial score (nSPS) is 10.9. The van der Waals surface area contributed by atoms with Crippen LogP contribution >= 0.6 is 0 Å². The van der Waals surface area contributed by atoms with Gasteiger partial charge in [0.05, 0.1) is 13.2 Å². The predicted molar refractivity (Wildman–Crippen MR) is 97.7 cm³/mol. The zero-order valence-electron chi connectivity index (χ0n) is 15.0. The second kappa shape index (κ2) is 8.57. The smallest absolute Gasteiger partial charge is 0.407 e. The second-order valence-corrected chi connectivity index (χ2v) is 6.30. The summed E-state index contributed by atoms with van der Waals surface area (Å²) in [6, 6.07) is 10.4. The summed E-state index contributed by atoms with van der Waals surface area (Å²) in [6.07, 6.45) is 0.350. The molecule has 0 atom stereocenters. The van der Waals surface area contributed by atoms with Crippen LogP contribution < -0.4 is 10.1 Å². The largest absolute Gasteiger partial charge is 0.494 e. The third-order valence-corrected chi connectivity index (χ3v) is 3.89. The number of benzene rings is 2. The number of hydrogen-bond acceptors (Lipinski definition) is 3. The van der Waals surface area contributed by atoms with Crippen molar-refractivity contribution in [3.63, 3.8) is 0 Å². The van der Waals surface area contributed by atoms with Crippen LogP contribution in [-0.2, 0) is 11.2 Å². The van der Waals surface area contributed by atoms with E-state index in [9.17, 15) is 4.79 Å². The van der Waals surface area contributed by atoms with E-state index < -0.39 is 0 Å². The van der Waals surface area contributed by atoms with Crippen molar-refractivity contribution in [2.45, 2.75) is 34.1 Å². The molecule has 0 radical (unpaired) electrons. The van der Waals surface area contributed by atoms with E-state index in [0.717, 1.165) is 11.3 Å². The highest BCUT2D eigenvalue weighted by molar-refractivity contribution is 5.88. The van der Waals surface area contributed by atoms with E-state index in [1.54, 1.807) is 0 Å². The van der Waals surface area contributed by atoms with Gasteiger partial charge in [-0.2, -0.15) is 0 Å². The van der Waals surface area contributed by atoms with Crippen LogP contribution in [-0.4, -0.2) is 25.9 Å². The summed E-state index contributed by atoms with van der Waals surface area (Å²) in [4.78, 5) is 11.7. The first kappa shape index (κ1) is 18.1. The minimum Gasteiger partial charge on any atom is -0.494 e. The highest BCUT2D eigenvalue weighted by atomic mass is 16.5. The number of ether oxygens (including phenoxy) is 2. The van der Waals surface area contributed by atoms with Gasteiger partial charge in [0.2, 0.25) is 0 Å². The highest BCUT2D eigenvalue weighted by Crippen LogP contribution is 2.31. The van der Waals surface area contributed by atoms with Crippen LogP contribution in [0.25, 0.3) is 10.8 Å². The van der Waals surface area contributed by atoms with E-state index in [2.05, 4.69) is 30.4 Å². The van der Waals surface area contributed by atoms with E-state index in [1.165, 1.54) is 16.3 Å². The summed E-state index contributed by atoms with van der Waals surface area (Å²) < 4.78 is 11.0. The molecule has 0 aliphatic rings.